The van der Waals surface area contributed by atoms with Crippen molar-refractivity contribution in [3.05, 3.63) is 0 Å². The molecule has 0 saturated carbocycles. The Hall–Kier alpha value is -1.12. The molecule has 21 heavy (non-hydrogen) atoms. The van der Waals surface area contributed by atoms with Gasteiger partial charge >= 0.3 is 0 Å². The van der Waals surface area contributed by atoms with Crippen LogP contribution in [0.1, 0.15) is 47.0 Å². The summed E-state index contributed by atoms with van der Waals surface area (Å²) in [6.07, 6.45) is 2.89. The van der Waals surface area contributed by atoms with Gasteiger partial charge in [0.25, 0.3) is 0 Å². The van der Waals surface area contributed by atoms with Crippen LogP contribution in [-0.2, 0) is 4.79 Å². The molecule has 1 heterocycles. The van der Waals surface area contributed by atoms with Gasteiger partial charge in [-0.15, -0.1) is 0 Å². The number of nitrogens with zero attached hydrogens (tertiary/aromatic N) is 3. The van der Waals surface area contributed by atoms with E-state index in [1.165, 1.54) is 0 Å². The zero-order chi connectivity index (χ0) is 15.9. The van der Waals surface area contributed by atoms with Crippen molar-refractivity contribution < 1.29 is 4.79 Å². The van der Waals surface area contributed by atoms with E-state index in [-0.39, 0.29) is 17.5 Å². The average molecular weight is 294 g/mol. The van der Waals surface area contributed by atoms with E-state index in [9.17, 15) is 10.1 Å². The maximum atomic E-state index is 12.0. The molecule has 0 bridgehead atoms. The topological polar surface area (TPSA) is 59.4 Å². The monoisotopic (exact) mass is 294 g/mol. The van der Waals surface area contributed by atoms with Crippen LogP contribution in [0.5, 0.6) is 0 Å². The molecule has 1 N–H and O–H groups in total. The van der Waals surface area contributed by atoms with E-state index in [4.69, 9.17) is 0 Å². The minimum absolute atomic E-state index is 0.0324. The smallest absolute Gasteiger partial charge is 0.234 e. The molecule has 5 nitrogen and oxygen atoms in total. The number of piperazine rings is 1. The normalized spacial score (nSPS) is 19.0. The molecule has 0 radical (unpaired) electrons. The molecular formula is C16H30N4O. The Kier molecular flexibility index (Phi) is 7.13. The van der Waals surface area contributed by atoms with Crippen LogP contribution in [0.4, 0.5) is 0 Å². The van der Waals surface area contributed by atoms with Gasteiger partial charge < -0.3 is 5.32 Å². The summed E-state index contributed by atoms with van der Waals surface area (Å²) < 4.78 is 0. The Bertz CT molecular complexity index is 367. The van der Waals surface area contributed by atoms with Gasteiger partial charge in [0.15, 0.2) is 0 Å². The lowest BCUT2D eigenvalue weighted by Gasteiger charge is -2.37. The van der Waals surface area contributed by atoms with Crippen LogP contribution in [0.25, 0.3) is 0 Å². The summed E-state index contributed by atoms with van der Waals surface area (Å²) in [5.74, 6) is 0.0979. The molecule has 1 unspecified atom stereocenters. The number of hydrogen-bond acceptors (Lipinski definition) is 4. The highest BCUT2D eigenvalue weighted by atomic mass is 16.2. The zero-order valence-electron chi connectivity index (χ0n) is 14.0. The number of carbonyl (C=O) groups excluding carboxylic acids is 1. The lowest BCUT2D eigenvalue weighted by atomic mass is 10.0. The SMILES string of the molecule is CCCC(C#N)N1CCN(CC(=O)NC(C)(C)CC)CC1. The fraction of sp³-hybridized carbons (Fsp3) is 0.875. The molecule has 0 aromatic carbocycles. The van der Waals surface area contributed by atoms with Crippen molar-refractivity contribution in [2.75, 3.05) is 32.7 Å². The van der Waals surface area contributed by atoms with Gasteiger partial charge in [-0.3, -0.25) is 14.6 Å². The highest BCUT2D eigenvalue weighted by molar-refractivity contribution is 5.78. The van der Waals surface area contributed by atoms with E-state index in [1.54, 1.807) is 0 Å². The van der Waals surface area contributed by atoms with E-state index in [2.05, 4.69) is 35.0 Å². The number of nitrogens with one attached hydrogen (secondary N) is 1. The lowest BCUT2D eigenvalue weighted by Crippen LogP contribution is -2.53. The van der Waals surface area contributed by atoms with Gasteiger partial charge in [-0.2, -0.15) is 5.26 Å². The highest BCUT2D eigenvalue weighted by Gasteiger charge is 2.25. The fourth-order valence-electron chi connectivity index (χ4n) is 2.54. The number of hydrogen-bond donors (Lipinski definition) is 1. The van der Waals surface area contributed by atoms with Crippen LogP contribution in [-0.4, -0.2) is 60.0 Å². The minimum Gasteiger partial charge on any atom is -0.350 e. The molecule has 1 rings (SSSR count). The molecule has 1 aliphatic rings. The Morgan fingerprint density at radius 1 is 1.29 bits per heavy atom. The van der Waals surface area contributed by atoms with E-state index in [0.717, 1.165) is 45.4 Å². The van der Waals surface area contributed by atoms with Crippen molar-refractivity contribution in [3.8, 4) is 6.07 Å². The molecule has 0 spiro atoms. The fourth-order valence-corrected chi connectivity index (χ4v) is 2.54. The maximum Gasteiger partial charge on any atom is 0.234 e. The van der Waals surface area contributed by atoms with Gasteiger partial charge in [0.2, 0.25) is 5.91 Å². The molecule has 1 aliphatic heterocycles. The van der Waals surface area contributed by atoms with E-state index >= 15 is 0 Å². The third-order valence-corrected chi connectivity index (χ3v) is 4.29. The van der Waals surface area contributed by atoms with Crippen LogP contribution >= 0.6 is 0 Å². The Labute approximate surface area is 129 Å². The zero-order valence-corrected chi connectivity index (χ0v) is 14.0. The molecule has 0 aromatic heterocycles. The predicted molar refractivity (Wildman–Crippen MR) is 84.8 cm³/mol. The van der Waals surface area contributed by atoms with Crippen molar-refractivity contribution in [2.45, 2.75) is 58.5 Å². The first-order chi connectivity index (χ1) is 9.91. The number of amides is 1. The standard InChI is InChI=1S/C16H30N4O/c1-5-7-14(12-17)20-10-8-19(9-11-20)13-15(21)18-16(3,4)6-2/h14H,5-11,13H2,1-4H3,(H,18,21). The number of rotatable bonds is 7. The maximum absolute atomic E-state index is 12.0. The van der Waals surface area contributed by atoms with Crippen molar-refractivity contribution in [3.63, 3.8) is 0 Å². The molecule has 5 heteroatoms. The summed E-state index contributed by atoms with van der Waals surface area (Å²) in [6.45, 7) is 12.2. The van der Waals surface area contributed by atoms with Crippen molar-refractivity contribution in [2.24, 2.45) is 0 Å². The summed E-state index contributed by atoms with van der Waals surface area (Å²) in [7, 11) is 0. The molecular weight excluding hydrogens is 264 g/mol. The average Bonchev–Trinajstić information content (AvgIpc) is 2.45. The van der Waals surface area contributed by atoms with E-state index in [1.807, 2.05) is 13.8 Å². The Morgan fingerprint density at radius 2 is 1.90 bits per heavy atom. The van der Waals surface area contributed by atoms with Crippen molar-refractivity contribution in [1.82, 2.24) is 15.1 Å². The van der Waals surface area contributed by atoms with Crippen LogP contribution < -0.4 is 5.32 Å². The molecule has 120 valence electrons. The Morgan fingerprint density at radius 3 is 2.38 bits per heavy atom. The molecule has 1 fully saturated rings. The first kappa shape index (κ1) is 17.9. The van der Waals surface area contributed by atoms with Gasteiger partial charge in [-0.05, 0) is 26.7 Å². The van der Waals surface area contributed by atoms with Crippen LogP contribution in [0.15, 0.2) is 0 Å². The Balaban J connectivity index is 2.37. The second-order valence-electron chi connectivity index (χ2n) is 6.53. The van der Waals surface area contributed by atoms with Crippen LogP contribution in [0.3, 0.4) is 0 Å². The number of carbonyl (C=O) groups is 1. The van der Waals surface area contributed by atoms with Crippen LogP contribution in [0.2, 0.25) is 0 Å². The van der Waals surface area contributed by atoms with Gasteiger partial charge in [-0.1, -0.05) is 20.3 Å². The van der Waals surface area contributed by atoms with Gasteiger partial charge in [0.05, 0.1) is 18.7 Å². The molecule has 0 aromatic rings. The molecule has 1 saturated heterocycles. The molecule has 1 amide bonds. The second-order valence-corrected chi connectivity index (χ2v) is 6.53. The van der Waals surface area contributed by atoms with Gasteiger partial charge in [0, 0.05) is 31.7 Å². The van der Waals surface area contributed by atoms with E-state index < -0.39 is 0 Å². The third-order valence-electron chi connectivity index (χ3n) is 4.29. The van der Waals surface area contributed by atoms with Crippen molar-refractivity contribution in [1.29, 1.82) is 5.26 Å². The van der Waals surface area contributed by atoms with Crippen molar-refractivity contribution >= 4 is 5.91 Å². The lowest BCUT2D eigenvalue weighted by molar-refractivity contribution is -0.124. The first-order valence-corrected chi connectivity index (χ1v) is 8.09. The molecule has 1 atom stereocenters. The quantitative estimate of drug-likeness (QED) is 0.775. The highest BCUT2D eigenvalue weighted by Crippen LogP contribution is 2.11. The summed E-state index contributed by atoms with van der Waals surface area (Å²) in [6, 6.07) is 2.43. The van der Waals surface area contributed by atoms with Gasteiger partial charge in [-0.25, -0.2) is 0 Å². The first-order valence-electron chi connectivity index (χ1n) is 8.09. The minimum atomic E-state index is -0.133. The number of nitriles is 1. The van der Waals surface area contributed by atoms with Gasteiger partial charge in [0.1, 0.15) is 0 Å². The van der Waals surface area contributed by atoms with E-state index in [0.29, 0.717) is 6.54 Å². The second kappa shape index (κ2) is 8.35. The largest absolute Gasteiger partial charge is 0.350 e. The summed E-state index contributed by atoms with van der Waals surface area (Å²) in [4.78, 5) is 16.5. The summed E-state index contributed by atoms with van der Waals surface area (Å²) in [5.41, 5.74) is -0.133. The summed E-state index contributed by atoms with van der Waals surface area (Å²) in [5, 5.41) is 12.3. The summed E-state index contributed by atoms with van der Waals surface area (Å²) >= 11 is 0. The third kappa shape index (κ3) is 6.03. The predicted octanol–water partition coefficient (Wildman–Crippen LogP) is 1.60. The van der Waals surface area contributed by atoms with Crippen LogP contribution in [0, 0.1) is 11.3 Å². The molecule has 0 aliphatic carbocycles.